The first-order chi connectivity index (χ1) is 15.2. The number of carbonyl (C=O) groups is 1. The van der Waals surface area contributed by atoms with Gasteiger partial charge >= 0.3 is 5.97 Å². The van der Waals surface area contributed by atoms with Gasteiger partial charge in [0.15, 0.2) is 0 Å². The van der Waals surface area contributed by atoms with Gasteiger partial charge in [0.25, 0.3) is 0 Å². The fraction of sp³-hybridized carbons (Fsp3) is 0.407. The van der Waals surface area contributed by atoms with Gasteiger partial charge in [-0.05, 0) is 47.9 Å². The molecule has 0 aliphatic heterocycles. The lowest BCUT2D eigenvalue weighted by Crippen LogP contribution is -2.19. The van der Waals surface area contributed by atoms with Crippen LogP contribution in [0.1, 0.15) is 64.2 Å². The van der Waals surface area contributed by atoms with Gasteiger partial charge in [-0.2, -0.15) is 0 Å². The van der Waals surface area contributed by atoms with Gasteiger partial charge < -0.3 is 10.0 Å². The highest BCUT2D eigenvalue weighted by molar-refractivity contribution is 5.86. The molecule has 4 heteroatoms. The fourth-order valence-corrected chi connectivity index (χ4v) is 4.02. The molecule has 1 aromatic heterocycles. The number of carboxylic acids is 1. The average Bonchev–Trinajstić information content (AvgIpc) is 2.80. The first kappa shape index (κ1) is 22.8. The van der Waals surface area contributed by atoms with E-state index < -0.39 is 5.97 Å². The normalized spacial score (nSPS) is 11.0. The average molecular weight is 419 g/mol. The van der Waals surface area contributed by atoms with Crippen molar-refractivity contribution in [3.63, 3.8) is 0 Å². The monoisotopic (exact) mass is 418 g/mol. The fourth-order valence-electron chi connectivity index (χ4n) is 4.02. The Balaban J connectivity index is 1.44. The van der Waals surface area contributed by atoms with Gasteiger partial charge in [-0.25, -0.2) is 4.98 Å². The number of anilines is 2. The quantitative estimate of drug-likeness (QED) is 0.278. The number of benzene rings is 2. The van der Waals surface area contributed by atoms with Crippen LogP contribution in [-0.4, -0.2) is 22.6 Å². The van der Waals surface area contributed by atoms with Gasteiger partial charge in [0.1, 0.15) is 5.82 Å². The standard InChI is InChI=1S/C27H34N2O2/c30-27(31)17-8-6-4-2-1-3-5-7-13-21-29(26-16-11-12-20-28-26)25-19-18-23-14-9-10-15-24(23)22-25/h9-12,14-16,18-20,22H,1-8,13,17,21H2,(H,30,31). The van der Waals surface area contributed by atoms with E-state index >= 15 is 0 Å². The third kappa shape index (κ3) is 7.71. The Morgan fingerprint density at radius 3 is 2.06 bits per heavy atom. The minimum Gasteiger partial charge on any atom is -0.481 e. The van der Waals surface area contributed by atoms with Crippen LogP contribution in [0, 0.1) is 0 Å². The van der Waals surface area contributed by atoms with E-state index in [1.54, 1.807) is 0 Å². The summed E-state index contributed by atoms with van der Waals surface area (Å²) in [5.41, 5.74) is 1.19. The molecule has 0 atom stereocenters. The van der Waals surface area contributed by atoms with Crippen molar-refractivity contribution in [2.75, 3.05) is 11.4 Å². The maximum Gasteiger partial charge on any atom is 0.303 e. The molecule has 0 amide bonds. The van der Waals surface area contributed by atoms with E-state index in [0.717, 1.165) is 38.0 Å². The van der Waals surface area contributed by atoms with Crippen LogP contribution >= 0.6 is 0 Å². The van der Waals surface area contributed by atoms with E-state index in [0.29, 0.717) is 6.42 Å². The third-order valence-electron chi connectivity index (χ3n) is 5.74. The largest absolute Gasteiger partial charge is 0.481 e. The first-order valence-electron chi connectivity index (χ1n) is 11.6. The maximum atomic E-state index is 10.5. The highest BCUT2D eigenvalue weighted by Gasteiger charge is 2.10. The molecule has 0 fully saturated rings. The number of nitrogens with zero attached hydrogens (tertiary/aromatic N) is 2. The molecule has 164 valence electrons. The smallest absolute Gasteiger partial charge is 0.303 e. The zero-order valence-electron chi connectivity index (χ0n) is 18.4. The molecule has 0 saturated heterocycles. The number of unbranched alkanes of at least 4 members (excludes halogenated alkanes) is 8. The van der Waals surface area contributed by atoms with E-state index in [1.807, 2.05) is 18.3 Å². The van der Waals surface area contributed by atoms with Gasteiger partial charge in [0.2, 0.25) is 0 Å². The highest BCUT2D eigenvalue weighted by atomic mass is 16.4. The van der Waals surface area contributed by atoms with Crippen LogP contribution in [0.3, 0.4) is 0 Å². The molecule has 31 heavy (non-hydrogen) atoms. The van der Waals surface area contributed by atoms with Crippen LogP contribution in [0.5, 0.6) is 0 Å². The highest BCUT2D eigenvalue weighted by Crippen LogP contribution is 2.28. The second-order valence-electron chi connectivity index (χ2n) is 8.20. The predicted octanol–water partition coefficient (Wildman–Crippen LogP) is 7.36. The molecular formula is C27H34N2O2. The molecule has 0 aliphatic rings. The Morgan fingerprint density at radius 1 is 0.742 bits per heavy atom. The van der Waals surface area contributed by atoms with Crippen molar-refractivity contribution in [2.24, 2.45) is 0 Å². The number of hydrogen-bond donors (Lipinski definition) is 1. The summed E-state index contributed by atoms with van der Waals surface area (Å²) in [7, 11) is 0. The van der Waals surface area contributed by atoms with Crippen LogP contribution in [-0.2, 0) is 4.79 Å². The van der Waals surface area contributed by atoms with Crippen molar-refractivity contribution < 1.29 is 9.90 Å². The van der Waals surface area contributed by atoms with Crippen LogP contribution < -0.4 is 4.90 Å². The second-order valence-corrected chi connectivity index (χ2v) is 8.20. The molecule has 0 saturated carbocycles. The van der Waals surface area contributed by atoms with E-state index in [2.05, 4.69) is 58.4 Å². The van der Waals surface area contributed by atoms with Gasteiger partial charge in [-0.1, -0.05) is 81.3 Å². The Morgan fingerprint density at radius 2 is 1.39 bits per heavy atom. The van der Waals surface area contributed by atoms with E-state index in [4.69, 9.17) is 5.11 Å². The summed E-state index contributed by atoms with van der Waals surface area (Å²) in [6.07, 6.45) is 12.5. The minimum atomic E-state index is -0.677. The molecule has 3 aromatic rings. The molecule has 2 aromatic carbocycles. The lowest BCUT2D eigenvalue weighted by molar-refractivity contribution is -0.137. The molecule has 4 nitrogen and oxygen atoms in total. The van der Waals surface area contributed by atoms with Crippen molar-refractivity contribution in [3.8, 4) is 0 Å². The molecule has 0 bridgehead atoms. The van der Waals surface area contributed by atoms with E-state index in [1.165, 1.54) is 48.6 Å². The summed E-state index contributed by atoms with van der Waals surface area (Å²) < 4.78 is 0. The summed E-state index contributed by atoms with van der Waals surface area (Å²) in [5.74, 6) is 0.322. The summed E-state index contributed by atoms with van der Waals surface area (Å²) in [6.45, 7) is 0.963. The van der Waals surface area contributed by atoms with Crippen molar-refractivity contribution in [1.82, 2.24) is 4.98 Å². The molecule has 0 unspecified atom stereocenters. The molecule has 3 rings (SSSR count). The van der Waals surface area contributed by atoms with Crippen LogP contribution in [0.25, 0.3) is 10.8 Å². The maximum absolute atomic E-state index is 10.5. The molecule has 0 radical (unpaired) electrons. The zero-order chi connectivity index (χ0) is 21.7. The Labute approximate surface area is 185 Å². The number of aliphatic carboxylic acids is 1. The molecule has 0 aliphatic carbocycles. The lowest BCUT2D eigenvalue weighted by atomic mass is 10.1. The van der Waals surface area contributed by atoms with Crippen LogP contribution in [0.4, 0.5) is 11.5 Å². The van der Waals surface area contributed by atoms with Gasteiger partial charge in [0.05, 0.1) is 0 Å². The lowest BCUT2D eigenvalue weighted by Gasteiger charge is -2.24. The SMILES string of the molecule is O=C(O)CCCCCCCCCCCN(c1ccc2ccccc2c1)c1ccccn1. The van der Waals surface area contributed by atoms with Crippen LogP contribution in [0.15, 0.2) is 66.9 Å². The Bertz CT molecular complexity index is 927. The van der Waals surface area contributed by atoms with E-state index in [-0.39, 0.29) is 0 Å². The van der Waals surface area contributed by atoms with Crippen molar-refractivity contribution >= 4 is 28.2 Å². The molecule has 0 spiro atoms. The molecule has 1 heterocycles. The number of fused-ring (bicyclic) bond motifs is 1. The summed E-state index contributed by atoms with van der Waals surface area (Å²) in [5, 5.41) is 11.2. The van der Waals surface area contributed by atoms with Gasteiger partial charge in [-0.3, -0.25) is 4.79 Å². The zero-order valence-corrected chi connectivity index (χ0v) is 18.4. The minimum absolute atomic E-state index is 0.310. The van der Waals surface area contributed by atoms with Crippen molar-refractivity contribution in [2.45, 2.75) is 64.2 Å². The second kappa shape index (κ2) is 12.7. The first-order valence-corrected chi connectivity index (χ1v) is 11.6. The summed E-state index contributed by atoms with van der Waals surface area (Å²) >= 11 is 0. The number of pyridine rings is 1. The predicted molar refractivity (Wildman–Crippen MR) is 129 cm³/mol. The molecular weight excluding hydrogens is 384 g/mol. The Kier molecular flexibility index (Phi) is 9.36. The Hall–Kier alpha value is -2.88. The topological polar surface area (TPSA) is 53.4 Å². The number of aromatic nitrogens is 1. The summed E-state index contributed by atoms with van der Waals surface area (Å²) in [4.78, 5) is 17.4. The number of rotatable bonds is 14. The summed E-state index contributed by atoms with van der Waals surface area (Å²) in [6, 6.07) is 21.2. The van der Waals surface area contributed by atoms with Gasteiger partial charge in [0, 0.05) is 24.8 Å². The van der Waals surface area contributed by atoms with Crippen molar-refractivity contribution in [1.29, 1.82) is 0 Å². The third-order valence-corrected chi connectivity index (χ3v) is 5.74. The number of carboxylic acid groups (broad SMARTS) is 1. The van der Waals surface area contributed by atoms with Crippen LogP contribution in [0.2, 0.25) is 0 Å². The van der Waals surface area contributed by atoms with Gasteiger partial charge in [-0.15, -0.1) is 0 Å². The van der Waals surface area contributed by atoms with Crippen molar-refractivity contribution in [3.05, 3.63) is 66.9 Å². The number of hydrogen-bond acceptors (Lipinski definition) is 3. The molecule has 1 N–H and O–H groups in total. The van der Waals surface area contributed by atoms with E-state index in [9.17, 15) is 4.79 Å².